The van der Waals surface area contributed by atoms with Gasteiger partial charge in [-0.15, -0.1) is 0 Å². The van der Waals surface area contributed by atoms with Crippen molar-refractivity contribution in [2.75, 3.05) is 24.6 Å². The number of hydrogen-bond donors (Lipinski definition) is 2. The lowest BCUT2D eigenvalue weighted by Gasteiger charge is -2.16. The van der Waals surface area contributed by atoms with Gasteiger partial charge in [0, 0.05) is 12.5 Å². The number of carbonyl (C=O) groups is 1. The zero-order valence-corrected chi connectivity index (χ0v) is 18.3. The summed E-state index contributed by atoms with van der Waals surface area (Å²) < 4.78 is 25.3. The van der Waals surface area contributed by atoms with Crippen LogP contribution in [0.15, 0.2) is 28.8 Å². The van der Waals surface area contributed by atoms with Crippen LogP contribution in [-0.4, -0.2) is 35.7 Å². The van der Waals surface area contributed by atoms with Gasteiger partial charge >= 0.3 is 6.03 Å². The quantitative estimate of drug-likeness (QED) is 0.399. The van der Waals surface area contributed by atoms with Crippen LogP contribution < -0.4 is 20.3 Å². The molecule has 0 spiro atoms. The largest absolute Gasteiger partial charge is 0.490 e. The second kappa shape index (κ2) is 9.74. The van der Waals surface area contributed by atoms with Gasteiger partial charge in [0.05, 0.1) is 19.3 Å². The van der Waals surface area contributed by atoms with Crippen LogP contribution in [0.25, 0.3) is 0 Å². The molecule has 1 aliphatic carbocycles. The zero-order valence-electron chi connectivity index (χ0n) is 17.5. The molecule has 31 heavy (non-hydrogen) atoms. The maximum absolute atomic E-state index is 14.0. The normalized spacial score (nSPS) is 17.2. The van der Waals surface area contributed by atoms with E-state index in [-0.39, 0.29) is 17.9 Å². The SMILES string of the molecule is C[C@@H](NCCCCc1ncc(N2CC(=S)NC2=O)o1)c1ccc(F)c(OCC2CC2)c1. The number of oxazole rings is 1. The number of unbranched alkanes of at least 4 members (excludes halogenated alkanes) is 1. The van der Waals surface area contributed by atoms with E-state index in [1.165, 1.54) is 23.8 Å². The topological polar surface area (TPSA) is 79.6 Å². The summed E-state index contributed by atoms with van der Waals surface area (Å²) >= 11 is 5.01. The monoisotopic (exact) mass is 446 g/mol. The average molecular weight is 447 g/mol. The van der Waals surface area contributed by atoms with E-state index in [1.54, 1.807) is 18.3 Å². The molecule has 0 unspecified atom stereocenters. The highest BCUT2D eigenvalue weighted by Gasteiger charge is 2.28. The Hall–Kier alpha value is -2.52. The Morgan fingerprint density at radius 2 is 2.26 bits per heavy atom. The van der Waals surface area contributed by atoms with Gasteiger partial charge in [-0.3, -0.25) is 4.90 Å². The summed E-state index contributed by atoms with van der Waals surface area (Å²) in [5.74, 6) is 1.63. The number of nitrogens with one attached hydrogen (secondary N) is 2. The fourth-order valence-corrected chi connectivity index (χ4v) is 3.61. The zero-order chi connectivity index (χ0) is 21.8. The van der Waals surface area contributed by atoms with Gasteiger partial charge in [-0.1, -0.05) is 18.3 Å². The number of anilines is 1. The molecule has 4 rings (SSSR count). The second-order valence-electron chi connectivity index (χ2n) is 8.11. The van der Waals surface area contributed by atoms with Gasteiger partial charge in [0.1, 0.15) is 4.99 Å². The summed E-state index contributed by atoms with van der Waals surface area (Å²) in [6.45, 7) is 3.79. The van der Waals surface area contributed by atoms with Crippen LogP contribution >= 0.6 is 12.2 Å². The first-order valence-electron chi connectivity index (χ1n) is 10.7. The number of rotatable bonds is 11. The number of ether oxygens (including phenoxy) is 1. The van der Waals surface area contributed by atoms with Gasteiger partial charge in [0.2, 0.25) is 5.88 Å². The van der Waals surface area contributed by atoms with E-state index in [0.29, 0.717) is 48.0 Å². The number of aromatic nitrogens is 1. The number of carbonyl (C=O) groups excluding carboxylic acids is 1. The highest BCUT2D eigenvalue weighted by molar-refractivity contribution is 7.80. The second-order valence-corrected chi connectivity index (χ2v) is 8.60. The Morgan fingerprint density at radius 1 is 1.42 bits per heavy atom. The summed E-state index contributed by atoms with van der Waals surface area (Å²) in [4.78, 5) is 18.0. The summed E-state index contributed by atoms with van der Waals surface area (Å²) in [5, 5.41) is 6.04. The molecule has 2 fully saturated rings. The number of benzene rings is 1. The van der Waals surface area contributed by atoms with E-state index >= 15 is 0 Å². The van der Waals surface area contributed by atoms with Gasteiger partial charge in [-0.2, -0.15) is 0 Å². The van der Waals surface area contributed by atoms with Crippen molar-refractivity contribution in [2.24, 2.45) is 5.92 Å². The molecule has 0 radical (unpaired) electrons. The Labute approximate surface area is 186 Å². The number of thiocarbonyl (C=S) groups is 1. The molecule has 2 heterocycles. The minimum Gasteiger partial charge on any atom is -0.490 e. The van der Waals surface area contributed by atoms with Crippen LogP contribution in [0.3, 0.4) is 0 Å². The summed E-state index contributed by atoms with van der Waals surface area (Å²) in [6, 6.07) is 4.88. The Balaban J connectivity index is 1.18. The van der Waals surface area contributed by atoms with Crippen molar-refractivity contribution >= 4 is 29.1 Å². The molecular weight excluding hydrogens is 419 g/mol. The molecule has 1 saturated heterocycles. The fraction of sp³-hybridized carbons (Fsp3) is 0.500. The van der Waals surface area contributed by atoms with E-state index in [9.17, 15) is 9.18 Å². The van der Waals surface area contributed by atoms with Crippen molar-refractivity contribution in [3.8, 4) is 5.75 Å². The number of urea groups is 1. The molecular formula is C22H27FN4O3S. The van der Waals surface area contributed by atoms with Crippen molar-refractivity contribution in [3.63, 3.8) is 0 Å². The molecule has 0 bridgehead atoms. The van der Waals surface area contributed by atoms with Crippen molar-refractivity contribution in [3.05, 3.63) is 41.7 Å². The van der Waals surface area contributed by atoms with E-state index < -0.39 is 0 Å². The maximum atomic E-state index is 14.0. The fourth-order valence-electron chi connectivity index (χ4n) is 3.39. The summed E-state index contributed by atoms with van der Waals surface area (Å²) in [7, 11) is 0. The smallest absolute Gasteiger partial charge is 0.329 e. The molecule has 1 aromatic heterocycles. The molecule has 1 atom stereocenters. The lowest BCUT2D eigenvalue weighted by molar-refractivity contribution is 0.252. The standard InChI is InChI=1S/C22H27FN4O3S/c1-14(16-7-8-17(23)18(10-16)29-13-15-5-6-15)24-9-3-2-4-19-25-11-21(30-19)27-12-20(31)26-22(27)28/h7-8,10-11,14-15,24H,2-6,9,12-13H2,1H3,(H,26,28,31)/t14-/m1/s1. The minimum atomic E-state index is -0.310. The van der Waals surface area contributed by atoms with Crippen LogP contribution in [0.2, 0.25) is 0 Å². The number of halogens is 1. The minimum absolute atomic E-state index is 0.0923. The predicted molar refractivity (Wildman–Crippen MR) is 119 cm³/mol. The van der Waals surface area contributed by atoms with E-state index in [0.717, 1.165) is 24.9 Å². The maximum Gasteiger partial charge on any atom is 0.329 e. The number of amides is 2. The molecule has 1 aliphatic heterocycles. The average Bonchev–Trinajstić information content (AvgIpc) is 3.36. The molecule has 7 nitrogen and oxygen atoms in total. The molecule has 1 saturated carbocycles. The highest BCUT2D eigenvalue weighted by atomic mass is 32.1. The van der Waals surface area contributed by atoms with Crippen molar-refractivity contribution in [1.82, 2.24) is 15.6 Å². The van der Waals surface area contributed by atoms with E-state index in [2.05, 4.69) is 22.5 Å². The Bertz CT molecular complexity index is 947. The third-order valence-electron chi connectivity index (χ3n) is 5.50. The number of hydrogen-bond acceptors (Lipinski definition) is 6. The van der Waals surface area contributed by atoms with E-state index in [4.69, 9.17) is 21.4 Å². The Morgan fingerprint density at radius 3 is 3.00 bits per heavy atom. The van der Waals surface area contributed by atoms with Gasteiger partial charge in [0.15, 0.2) is 17.5 Å². The Kier molecular flexibility index (Phi) is 6.82. The van der Waals surface area contributed by atoms with Crippen LogP contribution in [0.1, 0.15) is 50.1 Å². The lowest BCUT2D eigenvalue weighted by atomic mass is 10.1. The molecule has 2 aliphatic rings. The van der Waals surface area contributed by atoms with Crippen molar-refractivity contribution in [2.45, 2.75) is 45.1 Å². The summed E-state index contributed by atoms with van der Waals surface area (Å²) in [5.41, 5.74) is 1.01. The highest BCUT2D eigenvalue weighted by Crippen LogP contribution is 2.31. The molecule has 9 heteroatoms. The van der Waals surface area contributed by atoms with E-state index in [1.807, 2.05) is 0 Å². The van der Waals surface area contributed by atoms with Gasteiger partial charge < -0.3 is 19.8 Å². The predicted octanol–water partition coefficient (Wildman–Crippen LogP) is 4.13. The molecule has 2 N–H and O–H groups in total. The van der Waals surface area contributed by atoms with Crippen LogP contribution in [-0.2, 0) is 6.42 Å². The third kappa shape index (κ3) is 5.80. The van der Waals surface area contributed by atoms with Crippen LogP contribution in [0, 0.1) is 11.7 Å². The molecule has 2 amide bonds. The van der Waals surface area contributed by atoms with Gasteiger partial charge in [-0.05, 0) is 62.8 Å². The van der Waals surface area contributed by atoms with Crippen LogP contribution in [0.4, 0.5) is 15.1 Å². The first-order valence-corrected chi connectivity index (χ1v) is 11.1. The number of aryl methyl sites for hydroxylation is 1. The third-order valence-corrected chi connectivity index (χ3v) is 5.73. The molecule has 2 aromatic rings. The molecule has 1 aromatic carbocycles. The van der Waals surface area contributed by atoms with Gasteiger partial charge in [-0.25, -0.2) is 14.2 Å². The van der Waals surface area contributed by atoms with Crippen molar-refractivity contribution in [1.29, 1.82) is 0 Å². The summed E-state index contributed by atoms with van der Waals surface area (Å²) in [6.07, 6.45) is 6.42. The first kappa shape index (κ1) is 21.7. The van der Waals surface area contributed by atoms with Crippen LogP contribution in [0.5, 0.6) is 5.75 Å². The molecule has 166 valence electrons. The lowest BCUT2D eigenvalue weighted by Crippen LogP contribution is -2.27. The first-order chi connectivity index (χ1) is 15.0. The van der Waals surface area contributed by atoms with Gasteiger partial charge in [0.25, 0.3) is 0 Å². The van der Waals surface area contributed by atoms with Crippen molar-refractivity contribution < 1.29 is 18.3 Å². The number of nitrogens with zero attached hydrogens (tertiary/aromatic N) is 2.